The zero-order valence-electron chi connectivity index (χ0n) is 17.2. The molecule has 0 saturated carbocycles. The third kappa shape index (κ3) is 6.40. The van der Waals surface area contributed by atoms with Crippen molar-refractivity contribution in [3.8, 4) is 17.1 Å². The summed E-state index contributed by atoms with van der Waals surface area (Å²) in [6.45, 7) is 3.94. The van der Waals surface area contributed by atoms with Crippen molar-refractivity contribution in [3.63, 3.8) is 0 Å². The number of benzene rings is 2. The molecule has 3 rings (SSSR count). The fourth-order valence-electron chi connectivity index (χ4n) is 2.89. The van der Waals surface area contributed by atoms with Gasteiger partial charge in [0.05, 0.1) is 12.4 Å². The highest BCUT2D eigenvalue weighted by atomic mass is 19.4. The first-order valence-corrected chi connectivity index (χ1v) is 9.61. The lowest BCUT2D eigenvalue weighted by Crippen LogP contribution is -2.39. The first-order valence-electron chi connectivity index (χ1n) is 9.61. The van der Waals surface area contributed by atoms with E-state index in [1.54, 1.807) is 23.1 Å². The summed E-state index contributed by atoms with van der Waals surface area (Å²) in [6, 6.07) is 11.5. The van der Waals surface area contributed by atoms with Crippen molar-refractivity contribution in [2.45, 2.75) is 32.8 Å². The Bertz CT molecular complexity index is 1050. The van der Waals surface area contributed by atoms with Crippen LogP contribution in [0.4, 0.5) is 28.0 Å². The Kier molecular flexibility index (Phi) is 6.92. The molecule has 2 amide bonds. The second kappa shape index (κ2) is 9.63. The van der Waals surface area contributed by atoms with Crippen LogP contribution in [0.5, 0.6) is 5.75 Å². The summed E-state index contributed by atoms with van der Waals surface area (Å²) in [5.41, 5.74) is 1.80. The van der Waals surface area contributed by atoms with Gasteiger partial charge in [0.15, 0.2) is 11.6 Å². The van der Waals surface area contributed by atoms with Gasteiger partial charge < -0.3 is 15.0 Å². The van der Waals surface area contributed by atoms with Crippen LogP contribution in [-0.2, 0) is 6.54 Å². The Balaban J connectivity index is 1.71. The Hall–Kier alpha value is -3.69. The molecule has 0 atom stereocenters. The van der Waals surface area contributed by atoms with Gasteiger partial charge in [-0.3, -0.25) is 0 Å². The number of halogens is 4. The van der Waals surface area contributed by atoms with Gasteiger partial charge >= 0.3 is 12.4 Å². The zero-order chi connectivity index (χ0) is 23.3. The molecule has 0 radical (unpaired) electrons. The van der Waals surface area contributed by atoms with Gasteiger partial charge in [-0.2, -0.15) is 0 Å². The first-order chi connectivity index (χ1) is 15.1. The SMILES string of the molecule is CC(C)N(Cc1cccc(-c2ncc(F)cn2)c1)C(=O)Nc1ccc(OC(F)(F)F)cc1. The number of aromatic nitrogens is 2. The summed E-state index contributed by atoms with van der Waals surface area (Å²) in [7, 11) is 0. The van der Waals surface area contributed by atoms with Crippen LogP contribution in [0, 0.1) is 5.82 Å². The monoisotopic (exact) mass is 448 g/mol. The van der Waals surface area contributed by atoms with E-state index in [9.17, 15) is 22.4 Å². The van der Waals surface area contributed by atoms with E-state index in [2.05, 4.69) is 20.0 Å². The average Bonchev–Trinajstić information content (AvgIpc) is 2.73. The lowest BCUT2D eigenvalue weighted by molar-refractivity contribution is -0.274. The van der Waals surface area contributed by atoms with E-state index in [4.69, 9.17) is 0 Å². The van der Waals surface area contributed by atoms with Gasteiger partial charge in [-0.05, 0) is 49.7 Å². The molecule has 1 N–H and O–H groups in total. The topological polar surface area (TPSA) is 67.4 Å². The highest BCUT2D eigenvalue weighted by Crippen LogP contribution is 2.24. The van der Waals surface area contributed by atoms with Crippen LogP contribution in [0.25, 0.3) is 11.4 Å². The summed E-state index contributed by atoms with van der Waals surface area (Å²) in [5.74, 6) is -0.559. The second-order valence-electron chi connectivity index (χ2n) is 7.15. The molecule has 0 spiro atoms. The summed E-state index contributed by atoms with van der Waals surface area (Å²) in [5, 5.41) is 2.67. The Labute approximate surface area is 181 Å². The third-order valence-corrected chi connectivity index (χ3v) is 4.38. The van der Waals surface area contributed by atoms with E-state index in [-0.39, 0.29) is 18.3 Å². The summed E-state index contributed by atoms with van der Waals surface area (Å²) < 4.78 is 53.8. The molecule has 0 unspecified atom stereocenters. The van der Waals surface area contributed by atoms with E-state index >= 15 is 0 Å². The van der Waals surface area contributed by atoms with E-state index in [0.717, 1.165) is 30.1 Å². The molecule has 1 heterocycles. The highest BCUT2D eigenvalue weighted by molar-refractivity contribution is 5.89. The molecule has 0 aliphatic carbocycles. The molecule has 1 aromatic heterocycles. The quantitative estimate of drug-likeness (QED) is 0.497. The summed E-state index contributed by atoms with van der Waals surface area (Å²) in [6.07, 6.45) is -2.63. The number of nitrogens with one attached hydrogen (secondary N) is 1. The molecule has 32 heavy (non-hydrogen) atoms. The maximum Gasteiger partial charge on any atom is 0.573 e. The minimum absolute atomic E-state index is 0.173. The van der Waals surface area contributed by atoms with Crippen molar-refractivity contribution in [3.05, 3.63) is 72.3 Å². The molecular formula is C22H20F4N4O2. The number of carbonyl (C=O) groups excluding carboxylic acids is 1. The second-order valence-corrected chi connectivity index (χ2v) is 7.15. The molecule has 2 aromatic carbocycles. The minimum Gasteiger partial charge on any atom is -0.406 e. The molecule has 3 aromatic rings. The van der Waals surface area contributed by atoms with E-state index in [0.29, 0.717) is 17.1 Å². The van der Waals surface area contributed by atoms with Crippen LogP contribution in [0.2, 0.25) is 0 Å². The smallest absolute Gasteiger partial charge is 0.406 e. The van der Waals surface area contributed by atoms with Crippen molar-refractivity contribution in [2.75, 3.05) is 5.32 Å². The van der Waals surface area contributed by atoms with Crippen molar-refractivity contribution < 1.29 is 27.1 Å². The van der Waals surface area contributed by atoms with Gasteiger partial charge in [-0.25, -0.2) is 19.2 Å². The van der Waals surface area contributed by atoms with E-state index < -0.39 is 18.2 Å². The zero-order valence-corrected chi connectivity index (χ0v) is 17.2. The van der Waals surface area contributed by atoms with Crippen LogP contribution >= 0.6 is 0 Å². The van der Waals surface area contributed by atoms with Gasteiger partial charge in [0.1, 0.15) is 5.75 Å². The lowest BCUT2D eigenvalue weighted by Gasteiger charge is -2.27. The highest BCUT2D eigenvalue weighted by Gasteiger charge is 2.31. The largest absolute Gasteiger partial charge is 0.573 e. The molecule has 6 nitrogen and oxygen atoms in total. The van der Waals surface area contributed by atoms with Gasteiger partial charge in [-0.1, -0.05) is 18.2 Å². The Morgan fingerprint density at radius 1 is 1.09 bits per heavy atom. The predicted molar refractivity (Wildman–Crippen MR) is 110 cm³/mol. The van der Waals surface area contributed by atoms with Gasteiger partial charge in [0.2, 0.25) is 0 Å². The fourth-order valence-corrected chi connectivity index (χ4v) is 2.89. The van der Waals surface area contributed by atoms with Crippen LogP contribution in [0.3, 0.4) is 0 Å². The number of alkyl halides is 3. The fraction of sp³-hybridized carbons (Fsp3) is 0.227. The number of hydrogen-bond acceptors (Lipinski definition) is 4. The maximum atomic E-state index is 13.1. The number of hydrogen-bond donors (Lipinski definition) is 1. The van der Waals surface area contributed by atoms with Crippen LogP contribution in [0.15, 0.2) is 60.9 Å². The number of anilines is 1. The molecule has 0 aliphatic rings. The number of rotatable bonds is 6. The van der Waals surface area contributed by atoms with E-state index in [1.165, 1.54) is 12.1 Å². The van der Waals surface area contributed by atoms with Gasteiger partial charge in [-0.15, -0.1) is 13.2 Å². The molecule has 0 aliphatic heterocycles. The summed E-state index contributed by atoms with van der Waals surface area (Å²) in [4.78, 5) is 22.3. The number of carbonyl (C=O) groups is 1. The van der Waals surface area contributed by atoms with Crippen LogP contribution in [0.1, 0.15) is 19.4 Å². The van der Waals surface area contributed by atoms with Crippen molar-refractivity contribution in [2.24, 2.45) is 0 Å². The first kappa shape index (κ1) is 23.0. The molecule has 168 valence electrons. The lowest BCUT2D eigenvalue weighted by atomic mass is 10.1. The summed E-state index contributed by atoms with van der Waals surface area (Å²) >= 11 is 0. The Morgan fingerprint density at radius 3 is 2.34 bits per heavy atom. The molecule has 10 heteroatoms. The number of ether oxygens (including phenoxy) is 1. The van der Waals surface area contributed by atoms with Crippen molar-refractivity contribution in [1.82, 2.24) is 14.9 Å². The van der Waals surface area contributed by atoms with Crippen LogP contribution in [-0.4, -0.2) is 33.3 Å². The molecule has 0 saturated heterocycles. The minimum atomic E-state index is -4.79. The van der Waals surface area contributed by atoms with Crippen molar-refractivity contribution in [1.29, 1.82) is 0 Å². The Morgan fingerprint density at radius 2 is 1.75 bits per heavy atom. The molecule has 0 bridgehead atoms. The van der Waals surface area contributed by atoms with Gasteiger partial charge in [0, 0.05) is 23.8 Å². The van der Waals surface area contributed by atoms with Crippen molar-refractivity contribution >= 4 is 11.7 Å². The maximum absolute atomic E-state index is 13.1. The normalized spacial score (nSPS) is 11.3. The van der Waals surface area contributed by atoms with Crippen LogP contribution < -0.4 is 10.1 Å². The number of amides is 2. The van der Waals surface area contributed by atoms with Gasteiger partial charge in [0.25, 0.3) is 0 Å². The predicted octanol–water partition coefficient (Wildman–Crippen LogP) is 5.62. The molecule has 0 fully saturated rings. The third-order valence-electron chi connectivity index (χ3n) is 4.38. The number of urea groups is 1. The molecular weight excluding hydrogens is 428 g/mol. The standard InChI is InChI=1S/C22H20F4N4O2/c1-14(2)30(21(31)29-18-6-8-19(9-7-18)32-22(24,25)26)13-15-4-3-5-16(10-15)20-27-11-17(23)12-28-20/h3-12,14H,13H2,1-2H3,(H,29,31). The average molecular weight is 448 g/mol. The van der Waals surface area contributed by atoms with E-state index in [1.807, 2.05) is 19.9 Å². The number of nitrogens with zero attached hydrogens (tertiary/aromatic N) is 3.